The molecule has 24 heavy (non-hydrogen) atoms. The maximum Gasteiger partial charge on any atom is 0.261 e. The predicted octanol–water partition coefficient (Wildman–Crippen LogP) is 2.95. The van der Waals surface area contributed by atoms with Gasteiger partial charge >= 0.3 is 0 Å². The molecule has 0 saturated carbocycles. The summed E-state index contributed by atoms with van der Waals surface area (Å²) in [6.45, 7) is 2.73. The zero-order chi connectivity index (χ0) is 16.1. The van der Waals surface area contributed by atoms with Crippen molar-refractivity contribution >= 4 is 29.7 Å². The third-order valence-electron chi connectivity index (χ3n) is 3.55. The number of nitrogens with one attached hydrogen (secondary N) is 2. The quantitative estimate of drug-likeness (QED) is 0.770. The molecule has 0 radical (unpaired) electrons. The van der Waals surface area contributed by atoms with Crippen LogP contribution in [0.25, 0.3) is 10.4 Å². The Balaban J connectivity index is 0.00000208. The lowest BCUT2D eigenvalue weighted by atomic mass is 10.1. The van der Waals surface area contributed by atoms with Crippen LogP contribution in [0, 0.1) is 0 Å². The number of rotatable bonds is 6. The van der Waals surface area contributed by atoms with E-state index in [1.165, 1.54) is 11.3 Å². The molecule has 0 spiro atoms. The maximum absolute atomic E-state index is 12.1. The van der Waals surface area contributed by atoms with Crippen molar-refractivity contribution < 1.29 is 14.3 Å². The number of fused-ring (bicyclic) bond motifs is 1. The molecule has 1 aromatic carbocycles. The van der Waals surface area contributed by atoms with Crippen LogP contribution in [-0.2, 0) is 0 Å². The molecule has 0 fully saturated rings. The van der Waals surface area contributed by atoms with E-state index >= 15 is 0 Å². The fourth-order valence-corrected chi connectivity index (χ4v) is 3.28. The van der Waals surface area contributed by atoms with E-state index in [1.54, 1.807) is 0 Å². The normalized spacial score (nSPS) is 12.4. The summed E-state index contributed by atoms with van der Waals surface area (Å²) in [4.78, 5) is 13.9. The lowest BCUT2D eigenvalue weighted by Crippen LogP contribution is -2.25. The summed E-state index contributed by atoms with van der Waals surface area (Å²) in [5, 5.41) is 6.00. The van der Waals surface area contributed by atoms with Gasteiger partial charge in [0, 0.05) is 11.4 Å². The van der Waals surface area contributed by atoms with Crippen molar-refractivity contribution in [1.82, 2.24) is 10.6 Å². The highest BCUT2D eigenvalue weighted by atomic mass is 35.5. The molecule has 0 aliphatic carbocycles. The predicted molar refractivity (Wildman–Crippen MR) is 98.9 cm³/mol. The fourth-order valence-electron chi connectivity index (χ4n) is 2.37. The number of amides is 1. The highest BCUT2D eigenvalue weighted by Crippen LogP contribution is 2.36. The number of hydrogen-bond acceptors (Lipinski definition) is 5. The molecule has 1 aromatic heterocycles. The van der Waals surface area contributed by atoms with Crippen molar-refractivity contribution in [2.45, 2.75) is 6.42 Å². The molecule has 2 N–H and O–H groups in total. The molecule has 2 aromatic rings. The number of ether oxygens (including phenoxy) is 2. The minimum atomic E-state index is -0.0186. The van der Waals surface area contributed by atoms with Crippen LogP contribution < -0.4 is 20.1 Å². The number of thiophene rings is 1. The Morgan fingerprint density at radius 3 is 2.71 bits per heavy atom. The van der Waals surface area contributed by atoms with Crippen molar-refractivity contribution in [2.24, 2.45) is 0 Å². The maximum atomic E-state index is 12.1. The van der Waals surface area contributed by atoms with Crippen LogP contribution in [0.15, 0.2) is 30.3 Å². The number of carbonyl (C=O) groups is 1. The molecule has 1 aliphatic rings. The minimum Gasteiger partial charge on any atom is -0.486 e. The summed E-state index contributed by atoms with van der Waals surface area (Å²) in [7, 11) is 1.90. The van der Waals surface area contributed by atoms with E-state index < -0.39 is 0 Å². The molecular formula is C17H21ClN2O3S. The van der Waals surface area contributed by atoms with Crippen molar-refractivity contribution in [3.8, 4) is 21.9 Å². The second-order valence-electron chi connectivity index (χ2n) is 5.24. The van der Waals surface area contributed by atoms with Crippen LogP contribution in [0.1, 0.15) is 16.1 Å². The highest BCUT2D eigenvalue weighted by molar-refractivity contribution is 7.17. The second kappa shape index (κ2) is 8.92. The largest absolute Gasteiger partial charge is 0.486 e. The fraction of sp³-hybridized carbons (Fsp3) is 0.353. The smallest absolute Gasteiger partial charge is 0.261 e. The molecule has 0 saturated heterocycles. The van der Waals surface area contributed by atoms with E-state index in [9.17, 15) is 4.79 Å². The molecule has 0 atom stereocenters. The molecule has 5 nitrogen and oxygen atoms in total. The van der Waals surface area contributed by atoms with E-state index in [0.29, 0.717) is 19.8 Å². The highest BCUT2D eigenvalue weighted by Gasteiger charge is 2.14. The van der Waals surface area contributed by atoms with E-state index in [2.05, 4.69) is 10.6 Å². The van der Waals surface area contributed by atoms with E-state index in [-0.39, 0.29) is 18.3 Å². The van der Waals surface area contributed by atoms with Crippen LogP contribution in [0.4, 0.5) is 0 Å². The van der Waals surface area contributed by atoms with Crippen LogP contribution in [0.5, 0.6) is 11.5 Å². The lowest BCUT2D eigenvalue weighted by molar-refractivity contribution is 0.0957. The standard InChI is InChI=1S/C17H20N2O3S.ClH/c1-18-7-2-8-19-17(20)16-6-5-15(23-16)12-3-4-13-14(11-12)22-10-9-21-13;/h3-6,11,18H,2,7-10H2,1H3,(H,19,20);1H. The molecule has 7 heteroatoms. The van der Waals surface area contributed by atoms with Crippen molar-refractivity contribution in [2.75, 3.05) is 33.4 Å². The Morgan fingerprint density at radius 1 is 1.12 bits per heavy atom. The Labute approximate surface area is 151 Å². The number of hydrogen-bond donors (Lipinski definition) is 2. The Hall–Kier alpha value is -1.76. The summed E-state index contributed by atoms with van der Waals surface area (Å²) in [5.41, 5.74) is 1.04. The first kappa shape index (κ1) is 18.6. The van der Waals surface area contributed by atoms with Crippen LogP contribution in [0.2, 0.25) is 0 Å². The number of benzene rings is 1. The molecule has 1 amide bonds. The molecular weight excluding hydrogens is 348 g/mol. The van der Waals surface area contributed by atoms with E-state index in [1.807, 2.05) is 37.4 Å². The Bertz CT molecular complexity index is 690. The lowest BCUT2D eigenvalue weighted by Gasteiger charge is -2.18. The summed E-state index contributed by atoms with van der Waals surface area (Å²) in [6, 6.07) is 9.71. The summed E-state index contributed by atoms with van der Waals surface area (Å²) in [6.07, 6.45) is 0.919. The number of halogens is 1. The van der Waals surface area contributed by atoms with Gasteiger partial charge < -0.3 is 20.1 Å². The molecule has 130 valence electrons. The van der Waals surface area contributed by atoms with Crippen LogP contribution in [0.3, 0.4) is 0 Å². The monoisotopic (exact) mass is 368 g/mol. The van der Waals surface area contributed by atoms with Crippen molar-refractivity contribution in [1.29, 1.82) is 0 Å². The van der Waals surface area contributed by atoms with Gasteiger partial charge in [-0.1, -0.05) is 0 Å². The van der Waals surface area contributed by atoms with Crippen LogP contribution >= 0.6 is 23.7 Å². The summed E-state index contributed by atoms with van der Waals surface area (Å²) >= 11 is 1.48. The molecule has 3 rings (SSSR count). The van der Waals surface area contributed by atoms with Gasteiger partial charge in [-0.05, 0) is 55.9 Å². The van der Waals surface area contributed by atoms with Crippen molar-refractivity contribution in [3.05, 3.63) is 35.2 Å². The van der Waals surface area contributed by atoms with Gasteiger partial charge in [-0.15, -0.1) is 23.7 Å². The van der Waals surface area contributed by atoms with Gasteiger partial charge in [-0.25, -0.2) is 0 Å². The topological polar surface area (TPSA) is 59.6 Å². The average Bonchev–Trinajstić information content (AvgIpc) is 3.08. The van der Waals surface area contributed by atoms with E-state index in [4.69, 9.17) is 9.47 Å². The Kier molecular flexibility index (Phi) is 6.90. The first-order chi connectivity index (χ1) is 11.3. The molecule has 2 heterocycles. The SMILES string of the molecule is CNCCCNC(=O)c1ccc(-c2ccc3c(c2)OCCO3)s1.Cl. The summed E-state index contributed by atoms with van der Waals surface area (Å²) in [5.74, 6) is 1.52. The van der Waals surface area contributed by atoms with Gasteiger partial charge in [0.2, 0.25) is 0 Å². The minimum absolute atomic E-state index is 0. The van der Waals surface area contributed by atoms with Gasteiger partial charge in [-0.2, -0.15) is 0 Å². The van der Waals surface area contributed by atoms with Gasteiger partial charge in [-0.3, -0.25) is 4.79 Å². The zero-order valence-corrected chi connectivity index (χ0v) is 15.1. The van der Waals surface area contributed by atoms with Crippen molar-refractivity contribution in [3.63, 3.8) is 0 Å². The van der Waals surface area contributed by atoms with Gasteiger partial charge in [0.15, 0.2) is 11.5 Å². The summed E-state index contributed by atoms with van der Waals surface area (Å²) < 4.78 is 11.1. The third kappa shape index (κ3) is 4.41. The third-order valence-corrected chi connectivity index (χ3v) is 4.68. The van der Waals surface area contributed by atoms with Gasteiger partial charge in [0.25, 0.3) is 5.91 Å². The van der Waals surface area contributed by atoms with Gasteiger partial charge in [0.05, 0.1) is 4.88 Å². The Morgan fingerprint density at radius 2 is 1.92 bits per heavy atom. The molecule has 1 aliphatic heterocycles. The first-order valence-electron chi connectivity index (χ1n) is 7.70. The van der Waals surface area contributed by atoms with Gasteiger partial charge in [0.1, 0.15) is 13.2 Å². The first-order valence-corrected chi connectivity index (χ1v) is 8.52. The molecule has 0 unspecified atom stereocenters. The molecule has 0 bridgehead atoms. The average molecular weight is 369 g/mol. The van der Waals surface area contributed by atoms with E-state index in [0.717, 1.165) is 39.8 Å². The zero-order valence-electron chi connectivity index (χ0n) is 13.5. The number of carbonyl (C=O) groups excluding carboxylic acids is 1. The second-order valence-corrected chi connectivity index (χ2v) is 6.32. The van der Waals surface area contributed by atoms with Crippen LogP contribution in [-0.4, -0.2) is 39.3 Å².